The van der Waals surface area contributed by atoms with Crippen LogP contribution in [0.25, 0.3) is 0 Å². The van der Waals surface area contributed by atoms with Gasteiger partial charge in [0, 0.05) is 18.7 Å². The second-order valence-electron chi connectivity index (χ2n) is 5.16. The first kappa shape index (κ1) is 16.7. The highest BCUT2D eigenvalue weighted by Gasteiger charge is 2.35. The molecule has 1 fully saturated rings. The summed E-state index contributed by atoms with van der Waals surface area (Å²) in [6, 6.07) is 3.51. The number of anilines is 1. The van der Waals surface area contributed by atoms with Crippen molar-refractivity contribution in [2.75, 3.05) is 18.1 Å². The van der Waals surface area contributed by atoms with E-state index < -0.39 is 16.3 Å². The molecule has 0 saturated carbocycles. The molecule has 7 heteroatoms. The Kier molecular flexibility index (Phi) is 5.30. The van der Waals surface area contributed by atoms with E-state index in [1.165, 1.54) is 6.07 Å². The van der Waals surface area contributed by atoms with Crippen LogP contribution < -0.4 is 4.90 Å². The number of piperidine rings is 1. The monoisotopic (exact) mass is 304 g/mol. The van der Waals surface area contributed by atoms with Crippen LogP contribution in [0.2, 0.25) is 0 Å². The predicted octanol–water partition coefficient (Wildman–Crippen LogP) is 2.90. The van der Waals surface area contributed by atoms with Gasteiger partial charge in [-0.15, -0.1) is 12.4 Å². The van der Waals surface area contributed by atoms with Crippen LogP contribution in [0.3, 0.4) is 0 Å². The van der Waals surface area contributed by atoms with Gasteiger partial charge in [-0.3, -0.25) is 10.1 Å². The summed E-state index contributed by atoms with van der Waals surface area (Å²) in [4.78, 5) is 12.0. The van der Waals surface area contributed by atoms with Gasteiger partial charge in [0.25, 0.3) is 5.69 Å². The van der Waals surface area contributed by atoms with Gasteiger partial charge in [-0.1, -0.05) is 0 Å². The summed E-state index contributed by atoms with van der Waals surface area (Å²) in [6.07, 6.45) is 2.59. The van der Waals surface area contributed by atoms with Crippen molar-refractivity contribution >= 4 is 23.8 Å². The number of non-ortho nitro benzene ring substituents is 1. The molecule has 0 aliphatic carbocycles. The average molecular weight is 305 g/mol. The molecule has 20 heavy (non-hydrogen) atoms. The third kappa shape index (κ3) is 3.02. The summed E-state index contributed by atoms with van der Waals surface area (Å²) in [6.45, 7) is 2.34. The second-order valence-corrected chi connectivity index (χ2v) is 5.16. The van der Waals surface area contributed by atoms with Crippen molar-refractivity contribution in [3.05, 3.63) is 34.1 Å². The molecule has 1 unspecified atom stereocenters. The molecule has 0 spiro atoms. The lowest BCUT2D eigenvalue weighted by molar-refractivity contribution is -0.384. The zero-order valence-corrected chi connectivity index (χ0v) is 12.0. The lowest BCUT2D eigenvalue weighted by Gasteiger charge is -2.45. The Hall–Kier alpha value is -1.40. The fourth-order valence-corrected chi connectivity index (χ4v) is 2.58. The van der Waals surface area contributed by atoms with Gasteiger partial charge in [-0.2, -0.15) is 0 Å². The number of aliphatic hydroxyl groups is 1. The van der Waals surface area contributed by atoms with E-state index in [-0.39, 0.29) is 30.4 Å². The number of nitro benzene ring substituents is 1. The minimum absolute atomic E-state index is 0. The lowest BCUT2D eigenvalue weighted by atomic mass is 9.88. The van der Waals surface area contributed by atoms with E-state index in [1.807, 2.05) is 6.92 Å². The van der Waals surface area contributed by atoms with Crippen molar-refractivity contribution in [2.45, 2.75) is 31.7 Å². The topological polar surface area (TPSA) is 66.6 Å². The largest absolute Gasteiger partial charge is 0.394 e. The van der Waals surface area contributed by atoms with Crippen molar-refractivity contribution in [1.29, 1.82) is 0 Å². The van der Waals surface area contributed by atoms with Crippen LogP contribution in [0.15, 0.2) is 18.2 Å². The van der Waals surface area contributed by atoms with Crippen LogP contribution in [-0.4, -0.2) is 28.7 Å². The molecule has 1 atom stereocenters. The minimum Gasteiger partial charge on any atom is -0.394 e. The molecule has 1 saturated heterocycles. The van der Waals surface area contributed by atoms with Crippen LogP contribution >= 0.6 is 12.4 Å². The summed E-state index contributed by atoms with van der Waals surface area (Å²) in [5.41, 5.74) is -0.499. The first-order valence-corrected chi connectivity index (χ1v) is 6.30. The maximum Gasteiger partial charge on any atom is 0.271 e. The molecule has 0 aromatic heterocycles. The average Bonchev–Trinajstić information content (AvgIpc) is 2.40. The number of halogens is 2. The zero-order valence-electron chi connectivity index (χ0n) is 11.2. The maximum absolute atomic E-state index is 14.0. The Morgan fingerprint density at radius 3 is 2.80 bits per heavy atom. The molecular formula is C13H18ClFN2O3. The van der Waals surface area contributed by atoms with Crippen molar-refractivity contribution < 1.29 is 14.4 Å². The van der Waals surface area contributed by atoms with E-state index in [9.17, 15) is 19.6 Å². The van der Waals surface area contributed by atoms with Gasteiger partial charge in [0.1, 0.15) is 5.82 Å². The highest BCUT2D eigenvalue weighted by Crippen LogP contribution is 2.35. The Labute approximate surface area is 123 Å². The molecule has 112 valence electrons. The minimum atomic E-state index is -0.561. The number of hydrogen-bond donors (Lipinski definition) is 1. The van der Waals surface area contributed by atoms with Gasteiger partial charge in [0.05, 0.1) is 22.8 Å². The lowest BCUT2D eigenvalue weighted by Crippen LogP contribution is -2.52. The third-order valence-electron chi connectivity index (χ3n) is 3.77. The Morgan fingerprint density at radius 1 is 1.50 bits per heavy atom. The summed E-state index contributed by atoms with van der Waals surface area (Å²) < 4.78 is 14.0. The number of nitro groups is 1. The van der Waals surface area contributed by atoms with E-state index in [2.05, 4.69) is 0 Å². The fourth-order valence-electron chi connectivity index (χ4n) is 2.58. The summed E-state index contributed by atoms with van der Waals surface area (Å²) in [7, 11) is 0. The van der Waals surface area contributed by atoms with Gasteiger partial charge >= 0.3 is 0 Å². The Bertz CT molecular complexity index is 501. The molecular weight excluding hydrogens is 287 g/mol. The number of benzene rings is 1. The van der Waals surface area contributed by atoms with Gasteiger partial charge < -0.3 is 10.0 Å². The molecule has 1 aliphatic rings. The molecule has 1 heterocycles. The number of hydrogen-bond acceptors (Lipinski definition) is 4. The van der Waals surface area contributed by atoms with Crippen molar-refractivity contribution in [2.24, 2.45) is 0 Å². The normalized spacial score (nSPS) is 22.2. The highest BCUT2D eigenvalue weighted by atomic mass is 35.5. The summed E-state index contributed by atoms with van der Waals surface area (Å²) in [5.74, 6) is -0.493. The molecule has 1 aromatic rings. The molecule has 2 rings (SSSR count). The quantitative estimate of drug-likeness (QED) is 0.689. The molecule has 1 N–H and O–H groups in total. The van der Waals surface area contributed by atoms with E-state index in [4.69, 9.17) is 0 Å². The van der Waals surface area contributed by atoms with Crippen LogP contribution in [-0.2, 0) is 0 Å². The standard InChI is InChI=1S/C13H17FN2O3.ClH/c1-13(9-17)6-2-3-7-15(13)12-8-10(16(18)19)4-5-11(12)14;/h4-5,8,17H,2-3,6-7,9H2,1H3;1H. The van der Waals surface area contributed by atoms with E-state index in [1.54, 1.807) is 4.90 Å². The Balaban J connectivity index is 0.00000200. The van der Waals surface area contributed by atoms with Gasteiger partial charge in [-0.05, 0) is 32.3 Å². The predicted molar refractivity (Wildman–Crippen MR) is 77.0 cm³/mol. The van der Waals surface area contributed by atoms with Crippen molar-refractivity contribution in [3.8, 4) is 0 Å². The number of rotatable bonds is 3. The molecule has 0 bridgehead atoms. The highest BCUT2D eigenvalue weighted by molar-refractivity contribution is 5.85. The molecule has 0 amide bonds. The van der Waals surface area contributed by atoms with E-state index in [0.29, 0.717) is 6.54 Å². The molecule has 1 aromatic carbocycles. The van der Waals surface area contributed by atoms with E-state index in [0.717, 1.165) is 31.4 Å². The van der Waals surface area contributed by atoms with Crippen LogP contribution in [0.4, 0.5) is 15.8 Å². The third-order valence-corrected chi connectivity index (χ3v) is 3.77. The zero-order chi connectivity index (χ0) is 14.0. The van der Waals surface area contributed by atoms with E-state index >= 15 is 0 Å². The first-order chi connectivity index (χ1) is 8.98. The number of aliphatic hydroxyl groups excluding tert-OH is 1. The van der Waals surface area contributed by atoms with Gasteiger partial charge in [0.15, 0.2) is 0 Å². The first-order valence-electron chi connectivity index (χ1n) is 6.30. The van der Waals surface area contributed by atoms with Crippen molar-refractivity contribution in [3.63, 3.8) is 0 Å². The van der Waals surface area contributed by atoms with Gasteiger partial charge in [-0.25, -0.2) is 4.39 Å². The maximum atomic E-state index is 14.0. The van der Waals surface area contributed by atoms with Crippen LogP contribution in [0.1, 0.15) is 26.2 Å². The SMILES string of the molecule is CC1(CO)CCCCN1c1cc([N+](=O)[O-])ccc1F.Cl. The van der Waals surface area contributed by atoms with Crippen molar-refractivity contribution in [1.82, 2.24) is 0 Å². The van der Waals surface area contributed by atoms with Gasteiger partial charge in [0.2, 0.25) is 0 Å². The summed E-state index contributed by atoms with van der Waals surface area (Å²) >= 11 is 0. The van der Waals surface area contributed by atoms with Crippen LogP contribution in [0.5, 0.6) is 0 Å². The molecule has 1 aliphatic heterocycles. The molecule has 5 nitrogen and oxygen atoms in total. The Morgan fingerprint density at radius 2 is 2.20 bits per heavy atom. The molecule has 0 radical (unpaired) electrons. The second kappa shape index (κ2) is 6.37. The smallest absolute Gasteiger partial charge is 0.271 e. The number of nitrogens with zero attached hydrogens (tertiary/aromatic N) is 2. The van der Waals surface area contributed by atoms with Crippen LogP contribution in [0, 0.1) is 15.9 Å². The fraction of sp³-hybridized carbons (Fsp3) is 0.538. The summed E-state index contributed by atoms with van der Waals surface area (Å²) in [5, 5.41) is 20.3.